The van der Waals surface area contributed by atoms with Crippen molar-refractivity contribution in [1.82, 2.24) is 14.7 Å². The molecule has 2 heterocycles. The molecule has 1 aliphatic heterocycles. The first-order valence-corrected chi connectivity index (χ1v) is 8.30. The molecule has 2 fully saturated rings. The highest BCUT2D eigenvalue weighted by molar-refractivity contribution is 5.93. The Hall–Kier alpha value is -2.30. The summed E-state index contributed by atoms with van der Waals surface area (Å²) in [6.07, 6.45) is 6.89. The van der Waals surface area contributed by atoms with Gasteiger partial charge in [-0.1, -0.05) is 36.8 Å². The number of rotatable bonds is 2. The van der Waals surface area contributed by atoms with Crippen molar-refractivity contribution in [2.45, 2.75) is 25.7 Å². The second-order valence-corrected chi connectivity index (χ2v) is 6.89. The van der Waals surface area contributed by atoms with E-state index in [1.54, 1.807) is 4.68 Å². The minimum Gasteiger partial charge on any atom is -0.324 e. The molecule has 23 heavy (non-hydrogen) atoms. The fourth-order valence-corrected chi connectivity index (χ4v) is 3.78. The van der Waals surface area contributed by atoms with Crippen LogP contribution in [0.3, 0.4) is 0 Å². The molecule has 2 amide bonds. The smallest absolute Gasteiger partial charge is 0.321 e. The third-order valence-corrected chi connectivity index (χ3v) is 5.26. The lowest BCUT2D eigenvalue weighted by molar-refractivity contribution is 0.144. The van der Waals surface area contributed by atoms with Crippen molar-refractivity contribution in [1.29, 1.82) is 0 Å². The number of carbonyl (C=O) groups is 1. The Balaban J connectivity index is 1.52. The first-order chi connectivity index (χ1) is 11.2. The predicted molar refractivity (Wildman–Crippen MR) is 90.1 cm³/mol. The van der Waals surface area contributed by atoms with Crippen LogP contribution in [0.25, 0.3) is 11.3 Å². The third-order valence-electron chi connectivity index (χ3n) is 5.26. The molecule has 4 rings (SSSR count). The predicted octanol–water partition coefficient (Wildman–Crippen LogP) is 3.50. The lowest BCUT2D eigenvalue weighted by atomic mass is 9.68. The van der Waals surface area contributed by atoms with Gasteiger partial charge in [0.2, 0.25) is 0 Å². The van der Waals surface area contributed by atoms with Crippen LogP contribution in [0.5, 0.6) is 0 Å². The van der Waals surface area contributed by atoms with Crippen molar-refractivity contribution in [2.24, 2.45) is 12.5 Å². The van der Waals surface area contributed by atoms with Gasteiger partial charge >= 0.3 is 6.03 Å². The fraction of sp³-hybridized carbons (Fsp3) is 0.444. The van der Waals surface area contributed by atoms with Crippen molar-refractivity contribution in [3.05, 3.63) is 36.5 Å². The summed E-state index contributed by atoms with van der Waals surface area (Å²) in [5.41, 5.74) is 3.03. The van der Waals surface area contributed by atoms with E-state index >= 15 is 0 Å². The molecule has 0 unspecified atom stereocenters. The number of likely N-dealkylation sites (tertiary alicyclic amines) is 1. The summed E-state index contributed by atoms with van der Waals surface area (Å²) in [5.74, 6) is 0. The number of aromatic nitrogens is 2. The Kier molecular flexibility index (Phi) is 3.36. The van der Waals surface area contributed by atoms with Crippen LogP contribution in [0.1, 0.15) is 25.7 Å². The monoisotopic (exact) mass is 310 g/mol. The average molecular weight is 310 g/mol. The quantitative estimate of drug-likeness (QED) is 0.923. The molecule has 1 spiro atoms. The molecular weight excluding hydrogens is 288 g/mol. The van der Waals surface area contributed by atoms with E-state index in [9.17, 15) is 4.79 Å². The van der Waals surface area contributed by atoms with Crippen molar-refractivity contribution in [3.63, 3.8) is 0 Å². The lowest BCUT2D eigenvalue weighted by Crippen LogP contribution is -2.37. The first-order valence-electron chi connectivity index (χ1n) is 8.30. The highest BCUT2D eigenvalue weighted by Gasteiger charge is 2.44. The minimum absolute atomic E-state index is 0.000967. The van der Waals surface area contributed by atoms with Crippen LogP contribution in [0.2, 0.25) is 0 Å². The maximum Gasteiger partial charge on any atom is 0.321 e. The van der Waals surface area contributed by atoms with Crippen LogP contribution in [-0.2, 0) is 7.05 Å². The van der Waals surface area contributed by atoms with E-state index in [0.29, 0.717) is 5.41 Å². The van der Waals surface area contributed by atoms with Gasteiger partial charge in [0.05, 0.1) is 5.69 Å². The van der Waals surface area contributed by atoms with Gasteiger partial charge in [-0.2, -0.15) is 5.10 Å². The van der Waals surface area contributed by atoms with Gasteiger partial charge in [0.25, 0.3) is 0 Å². The SMILES string of the molecule is Cn1cc(NC(=O)N2CCC3(CCC3)C2)c(-c2ccccc2)n1. The zero-order valence-electron chi connectivity index (χ0n) is 13.5. The number of anilines is 1. The second-order valence-electron chi connectivity index (χ2n) is 6.89. The molecule has 2 aliphatic rings. The Bertz CT molecular complexity index is 718. The summed E-state index contributed by atoms with van der Waals surface area (Å²) in [7, 11) is 1.88. The summed E-state index contributed by atoms with van der Waals surface area (Å²) in [6, 6.07) is 9.97. The fourth-order valence-electron chi connectivity index (χ4n) is 3.78. The normalized spacial score (nSPS) is 18.9. The molecule has 1 N–H and O–H groups in total. The topological polar surface area (TPSA) is 50.2 Å². The molecule has 1 aromatic heterocycles. The lowest BCUT2D eigenvalue weighted by Gasteiger charge is -2.37. The number of amides is 2. The molecule has 2 aromatic rings. The van der Waals surface area contributed by atoms with Crippen LogP contribution >= 0.6 is 0 Å². The van der Waals surface area contributed by atoms with Crippen molar-refractivity contribution in [2.75, 3.05) is 18.4 Å². The van der Waals surface area contributed by atoms with Crippen molar-refractivity contribution >= 4 is 11.7 Å². The van der Waals surface area contributed by atoms with Crippen LogP contribution < -0.4 is 5.32 Å². The van der Waals surface area contributed by atoms with E-state index in [2.05, 4.69) is 10.4 Å². The van der Waals surface area contributed by atoms with E-state index in [1.807, 2.05) is 48.5 Å². The Morgan fingerprint density at radius 1 is 1.22 bits per heavy atom. The third kappa shape index (κ3) is 2.60. The number of benzene rings is 1. The summed E-state index contributed by atoms with van der Waals surface area (Å²) in [5, 5.41) is 7.56. The van der Waals surface area contributed by atoms with Gasteiger partial charge in [-0.25, -0.2) is 4.79 Å². The molecule has 0 bridgehead atoms. The van der Waals surface area contributed by atoms with Crippen LogP contribution in [0.15, 0.2) is 36.5 Å². The summed E-state index contributed by atoms with van der Waals surface area (Å²) >= 11 is 0. The number of urea groups is 1. The van der Waals surface area contributed by atoms with Gasteiger partial charge in [0, 0.05) is 31.9 Å². The number of hydrogen-bond acceptors (Lipinski definition) is 2. The molecule has 1 saturated heterocycles. The van der Waals surface area contributed by atoms with Gasteiger partial charge in [0.15, 0.2) is 0 Å². The summed E-state index contributed by atoms with van der Waals surface area (Å²) in [6.45, 7) is 1.77. The molecule has 0 atom stereocenters. The van der Waals surface area contributed by atoms with E-state index in [4.69, 9.17) is 0 Å². The number of nitrogens with zero attached hydrogens (tertiary/aromatic N) is 3. The number of nitrogens with one attached hydrogen (secondary N) is 1. The molecule has 5 nitrogen and oxygen atoms in total. The molecule has 120 valence electrons. The molecule has 0 radical (unpaired) electrons. The second kappa shape index (κ2) is 5.41. The van der Waals surface area contributed by atoms with Gasteiger partial charge in [-0.05, 0) is 24.7 Å². The summed E-state index contributed by atoms with van der Waals surface area (Å²) in [4.78, 5) is 14.6. The molecule has 1 saturated carbocycles. The standard InChI is InChI=1S/C18H22N4O/c1-21-12-15(16(20-21)14-6-3-2-4-7-14)19-17(23)22-11-10-18(13-22)8-5-9-18/h2-4,6-7,12H,5,8-11,13H2,1H3,(H,19,23). The van der Waals surface area contributed by atoms with Gasteiger partial charge in [-0.3, -0.25) is 4.68 Å². The average Bonchev–Trinajstić information content (AvgIpc) is 3.12. The Labute approximate surface area is 136 Å². The molecule has 5 heteroatoms. The molecule has 1 aliphatic carbocycles. The number of hydrogen-bond donors (Lipinski definition) is 1. The highest BCUT2D eigenvalue weighted by atomic mass is 16.2. The van der Waals surface area contributed by atoms with Gasteiger partial charge in [-0.15, -0.1) is 0 Å². The number of aryl methyl sites for hydroxylation is 1. The van der Waals surface area contributed by atoms with E-state index < -0.39 is 0 Å². The maximum atomic E-state index is 12.6. The molecule has 1 aromatic carbocycles. The zero-order chi connectivity index (χ0) is 15.9. The van der Waals surface area contributed by atoms with Gasteiger partial charge in [0.1, 0.15) is 5.69 Å². The zero-order valence-corrected chi connectivity index (χ0v) is 13.5. The van der Waals surface area contributed by atoms with Crippen molar-refractivity contribution in [3.8, 4) is 11.3 Å². The van der Waals surface area contributed by atoms with E-state index in [1.165, 1.54) is 19.3 Å². The maximum absolute atomic E-state index is 12.6. The Morgan fingerprint density at radius 3 is 2.65 bits per heavy atom. The Morgan fingerprint density at radius 2 is 2.00 bits per heavy atom. The van der Waals surface area contributed by atoms with Crippen molar-refractivity contribution < 1.29 is 4.79 Å². The largest absolute Gasteiger partial charge is 0.324 e. The number of carbonyl (C=O) groups excluding carboxylic acids is 1. The summed E-state index contributed by atoms with van der Waals surface area (Å²) < 4.78 is 1.75. The van der Waals surface area contributed by atoms with Crippen LogP contribution in [-0.4, -0.2) is 33.8 Å². The van der Waals surface area contributed by atoms with Gasteiger partial charge < -0.3 is 10.2 Å². The van der Waals surface area contributed by atoms with E-state index in [0.717, 1.165) is 36.5 Å². The first kappa shape index (κ1) is 14.3. The van der Waals surface area contributed by atoms with Crippen LogP contribution in [0, 0.1) is 5.41 Å². The molecular formula is C18H22N4O. The van der Waals surface area contributed by atoms with Crippen LogP contribution in [0.4, 0.5) is 10.5 Å². The van der Waals surface area contributed by atoms with E-state index in [-0.39, 0.29) is 6.03 Å². The highest BCUT2D eigenvalue weighted by Crippen LogP contribution is 2.48. The minimum atomic E-state index is -0.000967.